The van der Waals surface area contributed by atoms with Gasteiger partial charge in [0.05, 0.1) is 10.5 Å². The zero-order chi connectivity index (χ0) is 21.8. The molecule has 0 saturated carbocycles. The third-order valence-corrected chi connectivity index (χ3v) is 8.11. The largest absolute Gasteiger partial charge is 0.356 e. The Hall–Kier alpha value is -2.45. The summed E-state index contributed by atoms with van der Waals surface area (Å²) in [5.74, 6) is 0.402. The first-order valence-electron chi connectivity index (χ1n) is 11.1. The van der Waals surface area contributed by atoms with Crippen molar-refractivity contribution in [2.24, 2.45) is 0 Å². The summed E-state index contributed by atoms with van der Waals surface area (Å²) in [6.45, 7) is 4.67. The first-order valence-corrected chi connectivity index (χ1v) is 12.5. The van der Waals surface area contributed by atoms with Crippen LogP contribution in [0.5, 0.6) is 0 Å². The van der Waals surface area contributed by atoms with Gasteiger partial charge in [0.25, 0.3) is 5.91 Å². The van der Waals surface area contributed by atoms with Crippen LogP contribution in [0.15, 0.2) is 41.4 Å². The normalized spacial score (nSPS) is 18.0. The van der Waals surface area contributed by atoms with Gasteiger partial charge >= 0.3 is 0 Å². The van der Waals surface area contributed by atoms with Gasteiger partial charge in [0.15, 0.2) is 0 Å². The number of nitrogens with one attached hydrogen (secondary N) is 1. The van der Waals surface area contributed by atoms with Gasteiger partial charge in [0, 0.05) is 38.1 Å². The fraction of sp³-hybridized carbons (Fsp3) is 0.478. The molecule has 0 aliphatic carbocycles. The van der Waals surface area contributed by atoms with Crippen LogP contribution in [0, 0.1) is 6.92 Å². The van der Waals surface area contributed by atoms with Gasteiger partial charge in [0.1, 0.15) is 5.82 Å². The summed E-state index contributed by atoms with van der Waals surface area (Å²) in [5.41, 5.74) is 1.66. The van der Waals surface area contributed by atoms with Crippen LogP contribution in [-0.2, 0) is 10.0 Å². The number of hydrogen-bond acceptors (Lipinski definition) is 5. The third-order valence-electron chi connectivity index (χ3n) is 6.07. The van der Waals surface area contributed by atoms with E-state index in [1.54, 1.807) is 47.8 Å². The first kappa shape index (κ1) is 21.8. The smallest absolute Gasteiger partial charge is 0.259 e. The van der Waals surface area contributed by atoms with Crippen molar-refractivity contribution in [3.63, 3.8) is 0 Å². The molecule has 7 nitrogen and oxygen atoms in total. The van der Waals surface area contributed by atoms with E-state index in [0.29, 0.717) is 35.7 Å². The highest BCUT2D eigenvalue weighted by Crippen LogP contribution is 2.27. The second-order valence-electron chi connectivity index (χ2n) is 8.32. The molecule has 0 atom stereocenters. The van der Waals surface area contributed by atoms with Crippen molar-refractivity contribution in [2.45, 2.75) is 50.3 Å². The standard InChI is InChI=1S/C23H30N4O3S/c1-18-10-11-19(17-21(18)31(29,30)27-15-4-2-3-5-16-27)25-23(28)20-9-8-12-24-22(20)26-13-6-7-14-26/h8-12,17H,2-7,13-16H2,1H3,(H,25,28). The fourth-order valence-corrected chi connectivity index (χ4v) is 6.10. The molecule has 0 radical (unpaired) electrons. The van der Waals surface area contributed by atoms with E-state index in [9.17, 15) is 13.2 Å². The molecule has 1 N–H and O–H groups in total. The van der Waals surface area contributed by atoms with Gasteiger partial charge < -0.3 is 10.2 Å². The third kappa shape index (κ3) is 4.75. The number of aryl methyl sites for hydroxylation is 1. The zero-order valence-corrected chi connectivity index (χ0v) is 18.8. The molecular weight excluding hydrogens is 412 g/mol. The second kappa shape index (κ2) is 9.36. The Morgan fingerprint density at radius 2 is 1.65 bits per heavy atom. The van der Waals surface area contributed by atoms with E-state index in [0.717, 1.165) is 51.6 Å². The predicted molar refractivity (Wildman–Crippen MR) is 122 cm³/mol. The Morgan fingerprint density at radius 1 is 0.968 bits per heavy atom. The highest BCUT2D eigenvalue weighted by Gasteiger charge is 2.27. The number of rotatable bonds is 5. The van der Waals surface area contributed by atoms with Gasteiger partial charge in [-0.3, -0.25) is 4.79 Å². The minimum absolute atomic E-state index is 0.262. The van der Waals surface area contributed by atoms with E-state index in [2.05, 4.69) is 15.2 Å². The lowest BCUT2D eigenvalue weighted by Gasteiger charge is -2.22. The summed E-state index contributed by atoms with van der Waals surface area (Å²) in [6, 6.07) is 8.60. The minimum atomic E-state index is -3.60. The van der Waals surface area contributed by atoms with Gasteiger partial charge in [0.2, 0.25) is 10.0 Å². The number of amides is 1. The number of nitrogens with zero attached hydrogens (tertiary/aromatic N) is 3. The van der Waals surface area contributed by atoms with Crippen LogP contribution in [0.25, 0.3) is 0 Å². The highest BCUT2D eigenvalue weighted by atomic mass is 32.2. The fourth-order valence-electron chi connectivity index (χ4n) is 4.33. The monoisotopic (exact) mass is 442 g/mol. The lowest BCUT2D eigenvalue weighted by molar-refractivity contribution is 0.102. The first-order chi connectivity index (χ1) is 15.0. The highest BCUT2D eigenvalue weighted by molar-refractivity contribution is 7.89. The van der Waals surface area contributed by atoms with Crippen molar-refractivity contribution in [1.29, 1.82) is 0 Å². The van der Waals surface area contributed by atoms with Crippen LogP contribution < -0.4 is 10.2 Å². The molecule has 1 aromatic heterocycles. The molecule has 0 bridgehead atoms. The Morgan fingerprint density at radius 3 is 2.35 bits per heavy atom. The van der Waals surface area contributed by atoms with Crippen LogP contribution in [0.4, 0.5) is 11.5 Å². The molecule has 2 fully saturated rings. The maximum atomic E-state index is 13.3. The maximum Gasteiger partial charge on any atom is 0.259 e. The molecular formula is C23H30N4O3S. The van der Waals surface area contributed by atoms with E-state index in [1.165, 1.54) is 0 Å². The zero-order valence-electron chi connectivity index (χ0n) is 18.0. The van der Waals surface area contributed by atoms with Crippen molar-refractivity contribution in [1.82, 2.24) is 9.29 Å². The maximum absolute atomic E-state index is 13.3. The molecule has 1 aromatic carbocycles. The molecule has 8 heteroatoms. The van der Waals surface area contributed by atoms with E-state index in [1.807, 2.05) is 0 Å². The molecule has 166 valence electrons. The summed E-state index contributed by atoms with van der Waals surface area (Å²) < 4.78 is 28.2. The van der Waals surface area contributed by atoms with Gasteiger partial charge in [-0.1, -0.05) is 18.9 Å². The lowest BCUT2D eigenvalue weighted by Crippen LogP contribution is -2.32. The van der Waals surface area contributed by atoms with Crippen LogP contribution in [0.3, 0.4) is 0 Å². The van der Waals surface area contributed by atoms with Gasteiger partial charge in [-0.2, -0.15) is 4.31 Å². The van der Waals surface area contributed by atoms with E-state index < -0.39 is 10.0 Å². The summed E-state index contributed by atoms with van der Waals surface area (Å²) >= 11 is 0. The minimum Gasteiger partial charge on any atom is -0.356 e. The van der Waals surface area contributed by atoms with Gasteiger partial charge in [-0.15, -0.1) is 0 Å². The van der Waals surface area contributed by atoms with Gasteiger partial charge in [-0.25, -0.2) is 13.4 Å². The number of pyridine rings is 1. The van der Waals surface area contributed by atoms with Crippen molar-refractivity contribution in [2.75, 3.05) is 36.4 Å². The van der Waals surface area contributed by atoms with Gasteiger partial charge in [-0.05, 0) is 62.4 Å². The van der Waals surface area contributed by atoms with Crippen LogP contribution in [-0.4, -0.2) is 49.8 Å². The summed E-state index contributed by atoms with van der Waals surface area (Å²) in [5, 5.41) is 2.89. The number of benzene rings is 1. The molecule has 2 saturated heterocycles. The number of sulfonamides is 1. The Labute approximate surface area is 184 Å². The summed E-state index contributed by atoms with van der Waals surface area (Å²) in [7, 11) is -3.60. The molecule has 4 rings (SSSR count). The second-order valence-corrected chi connectivity index (χ2v) is 10.2. The Kier molecular flexibility index (Phi) is 6.57. The Bertz CT molecular complexity index is 1040. The molecule has 2 aliphatic rings. The van der Waals surface area contributed by atoms with E-state index in [-0.39, 0.29) is 10.8 Å². The van der Waals surface area contributed by atoms with Crippen LogP contribution >= 0.6 is 0 Å². The van der Waals surface area contributed by atoms with Crippen LogP contribution in [0.1, 0.15) is 54.4 Å². The van der Waals surface area contributed by atoms with E-state index in [4.69, 9.17) is 0 Å². The average molecular weight is 443 g/mol. The van der Waals surface area contributed by atoms with Crippen molar-refractivity contribution in [3.05, 3.63) is 47.7 Å². The quantitative estimate of drug-likeness (QED) is 0.761. The molecule has 0 unspecified atom stereocenters. The number of carbonyl (C=O) groups is 1. The number of anilines is 2. The van der Waals surface area contributed by atoms with Crippen molar-refractivity contribution < 1.29 is 13.2 Å². The lowest BCUT2D eigenvalue weighted by atomic mass is 10.2. The molecule has 0 spiro atoms. The van der Waals surface area contributed by atoms with Crippen molar-refractivity contribution >= 4 is 27.4 Å². The SMILES string of the molecule is Cc1ccc(NC(=O)c2cccnc2N2CCCC2)cc1S(=O)(=O)N1CCCCCC1. The number of hydrogen-bond donors (Lipinski definition) is 1. The molecule has 2 aromatic rings. The Balaban J connectivity index is 1.59. The summed E-state index contributed by atoms with van der Waals surface area (Å²) in [4.78, 5) is 19.9. The average Bonchev–Trinajstić information content (AvgIpc) is 3.16. The number of carbonyl (C=O) groups excluding carboxylic acids is 1. The predicted octanol–water partition coefficient (Wildman–Crippen LogP) is 3.81. The van der Waals surface area contributed by atoms with Crippen molar-refractivity contribution in [3.8, 4) is 0 Å². The number of aromatic nitrogens is 1. The molecule has 3 heterocycles. The topological polar surface area (TPSA) is 82.6 Å². The molecule has 2 aliphatic heterocycles. The molecule has 31 heavy (non-hydrogen) atoms. The van der Waals surface area contributed by atoms with E-state index >= 15 is 0 Å². The summed E-state index contributed by atoms with van der Waals surface area (Å²) in [6.07, 6.45) is 7.77. The molecule has 1 amide bonds. The van der Waals surface area contributed by atoms with Crippen LogP contribution in [0.2, 0.25) is 0 Å².